The van der Waals surface area contributed by atoms with Gasteiger partial charge in [0, 0.05) is 53.8 Å². The van der Waals surface area contributed by atoms with Gasteiger partial charge in [0.2, 0.25) is 0 Å². The smallest absolute Gasteiger partial charge is 0.404 e. The lowest BCUT2D eigenvalue weighted by Gasteiger charge is -2.38. The summed E-state index contributed by atoms with van der Waals surface area (Å²) in [4.78, 5) is 26.7. The van der Waals surface area contributed by atoms with Gasteiger partial charge in [0.1, 0.15) is 11.9 Å². The molecule has 2 aliphatic carbocycles. The molecule has 0 spiro atoms. The summed E-state index contributed by atoms with van der Waals surface area (Å²) in [5, 5.41) is 1.17. The van der Waals surface area contributed by atoms with Crippen molar-refractivity contribution >= 4 is 29.0 Å². The second-order valence-electron chi connectivity index (χ2n) is 12.2. The van der Waals surface area contributed by atoms with Gasteiger partial charge in [-0.2, -0.15) is 0 Å². The third kappa shape index (κ3) is 4.30. The number of ether oxygens (including phenoxy) is 2. The maximum Gasteiger partial charge on any atom is 0.404 e. The van der Waals surface area contributed by atoms with E-state index in [1.807, 2.05) is 18.2 Å². The molecule has 2 aliphatic heterocycles. The molecule has 3 aromatic rings. The molecule has 4 atom stereocenters. The lowest BCUT2D eigenvalue weighted by molar-refractivity contribution is 0.0373. The van der Waals surface area contributed by atoms with Crippen LogP contribution in [0.15, 0.2) is 43.0 Å². The Morgan fingerprint density at radius 1 is 1.17 bits per heavy atom. The van der Waals surface area contributed by atoms with Gasteiger partial charge in [0.05, 0.1) is 18.7 Å². The van der Waals surface area contributed by atoms with Crippen molar-refractivity contribution in [3.63, 3.8) is 0 Å². The number of fused-ring (bicyclic) bond motifs is 1. The monoisotopic (exact) mass is 555 g/mol. The Balaban J connectivity index is 1.29. The van der Waals surface area contributed by atoms with Crippen LogP contribution in [0.4, 0.5) is 4.79 Å². The summed E-state index contributed by atoms with van der Waals surface area (Å²) in [5.74, 6) is 0.978. The van der Waals surface area contributed by atoms with Crippen LogP contribution in [0.2, 0.25) is 0 Å². The topological polar surface area (TPSA) is 139 Å². The van der Waals surface area contributed by atoms with E-state index in [0.717, 1.165) is 35.3 Å². The normalized spacial score (nSPS) is 26.9. The number of carbonyl (C=O) groups excluding carboxylic acids is 2. The number of piperidine rings is 1. The number of hydrogen-bond donors (Lipinski definition) is 3. The van der Waals surface area contributed by atoms with Crippen molar-refractivity contribution < 1.29 is 19.1 Å². The van der Waals surface area contributed by atoms with Crippen LogP contribution in [-0.2, 0) is 16.8 Å². The van der Waals surface area contributed by atoms with Crippen molar-refractivity contribution in [3.8, 4) is 5.75 Å². The van der Waals surface area contributed by atoms with Gasteiger partial charge in [0.25, 0.3) is 5.91 Å². The second kappa shape index (κ2) is 9.63. The Bertz CT molecular complexity index is 1580. The highest BCUT2D eigenvalue weighted by atomic mass is 16.6. The highest BCUT2D eigenvalue weighted by molar-refractivity contribution is 5.95. The third-order valence-electron chi connectivity index (χ3n) is 9.49. The van der Waals surface area contributed by atoms with Crippen molar-refractivity contribution in [1.82, 2.24) is 9.47 Å². The standard InChI is InChI=1S/C32H37N5O4/c1-2-18-7-8-20-14-25(37(24(20)12-18)16-19-5-6-19)28-29(33)23-13-21(15-26-27(23)32(28,35)9-11-40-26)30(38)36-10-3-4-22(17-36)41-31(34)39/h2,7-8,12-15,19,22,28-29H,1,3-6,9-11,16-17,33,35H2,(H2,34,39)/t22-,28?,29?,32?/m1/s1. The zero-order chi connectivity index (χ0) is 28.5. The number of nitrogens with zero attached hydrogens (tertiary/aromatic N) is 2. The van der Waals surface area contributed by atoms with Gasteiger partial charge in [-0.25, -0.2) is 4.79 Å². The molecule has 41 heavy (non-hydrogen) atoms. The van der Waals surface area contributed by atoms with Crippen LogP contribution >= 0.6 is 0 Å². The van der Waals surface area contributed by atoms with Crippen LogP contribution in [0.25, 0.3) is 17.0 Å². The maximum atomic E-state index is 13.7. The summed E-state index contributed by atoms with van der Waals surface area (Å²) in [5.41, 5.74) is 24.7. The van der Waals surface area contributed by atoms with Gasteiger partial charge in [-0.05, 0) is 72.4 Å². The number of likely N-dealkylation sites (tertiary alicyclic amines) is 1. The SMILES string of the molecule is C=Cc1ccc2cc(C3C(N)c4cc(C(=O)N5CCC[C@@H](OC(N)=O)C5)cc5c4C3(N)CCO5)n(CC3CC3)c2c1. The number of benzene rings is 2. The summed E-state index contributed by atoms with van der Waals surface area (Å²) in [6.07, 6.45) is 5.15. The first-order valence-corrected chi connectivity index (χ1v) is 14.6. The Labute approximate surface area is 239 Å². The second-order valence-corrected chi connectivity index (χ2v) is 12.2. The van der Waals surface area contributed by atoms with Crippen molar-refractivity contribution in [1.29, 1.82) is 0 Å². The molecule has 1 saturated carbocycles. The molecule has 3 heterocycles. The maximum absolute atomic E-state index is 13.7. The number of rotatable bonds is 6. The van der Waals surface area contributed by atoms with Gasteiger partial charge >= 0.3 is 6.09 Å². The molecule has 0 bridgehead atoms. The summed E-state index contributed by atoms with van der Waals surface area (Å²) < 4.78 is 13.8. The van der Waals surface area contributed by atoms with Gasteiger partial charge in [-0.3, -0.25) is 4.79 Å². The number of amides is 2. The highest BCUT2D eigenvalue weighted by Crippen LogP contribution is 2.58. The molecule has 2 aromatic carbocycles. The van der Waals surface area contributed by atoms with E-state index in [1.165, 1.54) is 23.7 Å². The van der Waals surface area contributed by atoms with Crippen molar-refractivity contribution in [3.05, 3.63) is 70.9 Å². The zero-order valence-corrected chi connectivity index (χ0v) is 23.2. The molecule has 4 aliphatic rings. The van der Waals surface area contributed by atoms with Crippen LogP contribution in [0.5, 0.6) is 5.75 Å². The number of primary amides is 1. The average molecular weight is 556 g/mol. The first kappa shape index (κ1) is 26.1. The molecule has 2 amide bonds. The van der Waals surface area contributed by atoms with Gasteiger partial charge in [-0.1, -0.05) is 24.8 Å². The Morgan fingerprint density at radius 2 is 2.00 bits per heavy atom. The Morgan fingerprint density at radius 3 is 2.76 bits per heavy atom. The molecule has 7 rings (SSSR count). The minimum absolute atomic E-state index is 0.144. The van der Waals surface area contributed by atoms with E-state index in [2.05, 4.69) is 35.4 Å². The quantitative estimate of drug-likeness (QED) is 0.418. The average Bonchev–Trinajstić information content (AvgIpc) is 3.67. The molecule has 1 saturated heterocycles. The molecular weight excluding hydrogens is 518 g/mol. The van der Waals surface area contributed by atoms with Crippen LogP contribution in [0, 0.1) is 5.92 Å². The minimum Gasteiger partial charge on any atom is -0.493 e. The predicted molar refractivity (Wildman–Crippen MR) is 156 cm³/mol. The van der Waals surface area contributed by atoms with E-state index in [4.69, 9.17) is 26.7 Å². The lowest BCUT2D eigenvalue weighted by Crippen LogP contribution is -2.46. The number of hydrogen-bond acceptors (Lipinski definition) is 6. The third-order valence-corrected chi connectivity index (χ3v) is 9.49. The van der Waals surface area contributed by atoms with E-state index in [-0.39, 0.29) is 11.8 Å². The van der Waals surface area contributed by atoms with Gasteiger partial charge in [-0.15, -0.1) is 0 Å². The van der Waals surface area contributed by atoms with Crippen molar-refractivity contribution in [2.45, 2.75) is 62.3 Å². The number of carbonyl (C=O) groups is 2. The molecule has 9 heteroatoms. The fourth-order valence-corrected chi connectivity index (χ4v) is 7.35. The van der Waals surface area contributed by atoms with Gasteiger partial charge in [0.15, 0.2) is 0 Å². The van der Waals surface area contributed by atoms with Crippen LogP contribution in [0.3, 0.4) is 0 Å². The molecule has 2 fully saturated rings. The molecule has 9 nitrogen and oxygen atoms in total. The summed E-state index contributed by atoms with van der Waals surface area (Å²) in [6.45, 7) is 6.24. The minimum atomic E-state index is -0.823. The number of nitrogens with two attached hydrogens (primary N) is 3. The van der Waals surface area contributed by atoms with E-state index in [1.54, 1.807) is 4.90 Å². The molecule has 1 aromatic heterocycles. The van der Waals surface area contributed by atoms with Crippen LogP contribution in [-0.4, -0.2) is 47.3 Å². The van der Waals surface area contributed by atoms with Crippen LogP contribution < -0.4 is 21.9 Å². The number of aromatic nitrogens is 1. The van der Waals surface area contributed by atoms with Crippen LogP contribution in [0.1, 0.15) is 76.8 Å². The van der Waals surface area contributed by atoms with E-state index < -0.39 is 23.8 Å². The fraction of sp³-hybridized carbons (Fsp3) is 0.438. The van der Waals surface area contributed by atoms with E-state index in [0.29, 0.717) is 49.8 Å². The van der Waals surface area contributed by atoms with E-state index >= 15 is 0 Å². The molecule has 0 radical (unpaired) electrons. The summed E-state index contributed by atoms with van der Waals surface area (Å²) >= 11 is 0. The molecular formula is C32H37N5O4. The summed E-state index contributed by atoms with van der Waals surface area (Å²) in [7, 11) is 0. The predicted octanol–water partition coefficient (Wildman–Crippen LogP) is 4.13. The Kier molecular flexibility index (Phi) is 6.13. The van der Waals surface area contributed by atoms with Crippen molar-refractivity contribution in [2.24, 2.45) is 23.1 Å². The first-order valence-electron chi connectivity index (χ1n) is 14.6. The zero-order valence-electron chi connectivity index (χ0n) is 23.2. The molecule has 6 N–H and O–H groups in total. The lowest BCUT2D eigenvalue weighted by atomic mass is 9.77. The first-order chi connectivity index (χ1) is 19.8. The largest absolute Gasteiger partial charge is 0.493 e. The van der Waals surface area contributed by atoms with Gasteiger partial charge < -0.3 is 36.1 Å². The summed E-state index contributed by atoms with van der Waals surface area (Å²) in [6, 6.07) is 12.0. The molecule has 214 valence electrons. The highest BCUT2D eigenvalue weighted by Gasteiger charge is 2.54. The van der Waals surface area contributed by atoms with E-state index in [9.17, 15) is 9.59 Å². The fourth-order valence-electron chi connectivity index (χ4n) is 7.35. The molecule has 3 unspecified atom stereocenters. The Hall–Kier alpha value is -3.82. The van der Waals surface area contributed by atoms with Crippen molar-refractivity contribution in [2.75, 3.05) is 19.7 Å².